The minimum absolute atomic E-state index is 0.662. The van der Waals surface area contributed by atoms with E-state index in [1.165, 1.54) is 51.6 Å². The van der Waals surface area contributed by atoms with Crippen molar-refractivity contribution >= 4 is 0 Å². The highest BCUT2D eigenvalue weighted by molar-refractivity contribution is 5.61. The van der Waals surface area contributed by atoms with Crippen LogP contribution in [0.2, 0.25) is 0 Å². The minimum atomic E-state index is 0.662. The maximum atomic E-state index is 3.72. The van der Waals surface area contributed by atoms with Crippen LogP contribution in [0.3, 0.4) is 0 Å². The number of nitrogens with zero attached hydrogens (tertiary/aromatic N) is 1. The Labute approximate surface area is 127 Å². The smallest absolute Gasteiger partial charge is 0.0354 e. The molecule has 3 heterocycles. The van der Waals surface area contributed by atoms with E-state index < -0.39 is 0 Å². The largest absolute Gasteiger partial charge is 0.388 e. The van der Waals surface area contributed by atoms with Gasteiger partial charge in [-0.2, -0.15) is 0 Å². The van der Waals surface area contributed by atoms with Crippen LogP contribution in [-0.4, -0.2) is 31.1 Å². The molecule has 0 aromatic heterocycles. The number of nitrogens with one attached hydrogen (secondary N) is 1. The summed E-state index contributed by atoms with van der Waals surface area (Å²) in [5, 5.41) is 3.72. The van der Waals surface area contributed by atoms with Crippen molar-refractivity contribution in [3.8, 4) is 0 Å². The Hall–Kier alpha value is -1.28. The molecule has 0 saturated carbocycles. The van der Waals surface area contributed by atoms with Crippen molar-refractivity contribution < 1.29 is 0 Å². The molecule has 3 aliphatic carbocycles. The highest BCUT2D eigenvalue weighted by Crippen LogP contribution is 2.50. The second-order valence-electron chi connectivity index (χ2n) is 7.30. The second kappa shape index (κ2) is 4.36. The van der Waals surface area contributed by atoms with Crippen LogP contribution in [0.5, 0.6) is 0 Å². The number of hydrogen-bond donors (Lipinski definition) is 1. The van der Waals surface area contributed by atoms with Crippen LogP contribution < -0.4 is 5.32 Å². The number of allylic oxidation sites excluding steroid dienone is 5. The summed E-state index contributed by atoms with van der Waals surface area (Å²) in [6, 6.07) is 0.662. The van der Waals surface area contributed by atoms with E-state index in [0.717, 1.165) is 5.92 Å². The lowest BCUT2D eigenvalue weighted by atomic mass is 9.70. The van der Waals surface area contributed by atoms with E-state index in [4.69, 9.17) is 0 Å². The molecule has 0 radical (unpaired) electrons. The van der Waals surface area contributed by atoms with Gasteiger partial charge in [0, 0.05) is 24.2 Å². The van der Waals surface area contributed by atoms with Gasteiger partial charge in [0.05, 0.1) is 0 Å². The van der Waals surface area contributed by atoms with Crippen molar-refractivity contribution in [2.75, 3.05) is 20.1 Å². The molecule has 1 N–H and O–H groups in total. The lowest BCUT2D eigenvalue weighted by Crippen LogP contribution is -2.37. The molecule has 3 aliphatic heterocycles. The first-order valence-corrected chi connectivity index (χ1v) is 8.62. The summed E-state index contributed by atoms with van der Waals surface area (Å²) in [4.78, 5) is 2.64. The molecule has 4 bridgehead atoms. The molecule has 0 fully saturated rings. The van der Waals surface area contributed by atoms with Gasteiger partial charge in [0.1, 0.15) is 0 Å². The first-order valence-electron chi connectivity index (χ1n) is 8.62. The molecular formula is C19H24N2. The third-order valence-corrected chi connectivity index (χ3v) is 6.30. The van der Waals surface area contributed by atoms with Crippen LogP contribution in [0.4, 0.5) is 0 Å². The zero-order chi connectivity index (χ0) is 14.0. The summed E-state index contributed by atoms with van der Waals surface area (Å²) in [5.41, 5.74) is 10.1. The van der Waals surface area contributed by atoms with Gasteiger partial charge in [-0.3, -0.25) is 4.90 Å². The topological polar surface area (TPSA) is 15.3 Å². The molecule has 2 heteroatoms. The molecule has 1 unspecified atom stereocenters. The zero-order valence-electron chi connectivity index (χ0n) is 12.9. The maximum Gasteiger partial charge on any atom is 0.0354 e. The Morgan fingerprint density at radius 2 is 2.10 bits per heavy atom. The maximum absolute atomic E-state index is 3.72. The lowest BCUT2D eigenvalue weighted by molar-refractivity contribution is 0.254. The number of hydrogen-bond acceptors (Lipinski definition) is 2. The van der Waals surface area contributed by atoms with Crippen molar-refractivity contribution in [1.29, 1.82) is 0 Å². The molecule has 21 heavy (non-hydrogen) atoms. The fraction of sp³-hybridized carbons (Fsp3) is 0.579. The third-order valence-electron chi connectivity index (χ3n) is 6.30. The summed E-state index contributed by atoms with van der Waals surface area (Å²) in [6.07, 6.45) is 12.5. The van der Waals surface area contributed by atoms with Gasteiger partial charge in [-0.25, -0.2) is 0 Å². The van der Waals surface area contributed by atoms with Crippen LogP contribution in [0, 0.1) is 5.92 Å². The zero-order valence-corrected chi connectivity index (χ0v) is 12.9. The molecule has 0 saturated heterocycles. The molecule has 0 aromatic carbocycles. The first-order chi connectivity index (χ1) is 10.3. The van der Waals surface area contributed by atoms with Gasteiger partial charge in [0.25, 0.3) is 0 Å². The third kappa shape index (κ3) is 1.63. The Kier molecular flexibility index (Phi) is 2.55. The second-order valence-corrected chi connectivity index (χ2v) is 7.30. The Morgan fingerprint density at radius 1 is 1.14 bits per heavy atom. The van der Waals surface area contributed by atoms with Crippen LogP contribution in [0.15, 0.2) is 45.7 Å². The highest BCUT2D eigenvalue weighted by Gasteiger charge is 2.40. The summed E-state index contributed by atoms with van der Waals surface area (Å²) in [5.74, 6) is 0.740. The van der Waals surface area contributed by atoms with Gasteiger partial charge in [-0.05, 0) is 80.0 Å². The molecule has 0 aromatic rings. The normalized spacial score (nSPS) is 34.7. The fourth-order valence-electron chi connectivity index (χ4n) is 5.26. The van der Waals surface area contributed by atoms with Crippen molar-refractivity contribution in [2.24, 2.45) is 5.92 Å². The van der Waals surface area contributed by atoms with E-state index in [2.05, 4.69) is 29.4 Å². The predicted molar refractivity (Wildman–Crippen MR) is 85.8 cm³/mol. The molecule has 2 atom stereocenters. The summed E-state index contributed by atoms with van der Waals surface area (Å²) in [6.45, 7) is 2.41. The Morgan fingerprint density at radius 3 is 3.05 bits per heavy atom. The molecule has 6 rings (SSSR count). The van der Waals surface area contributed by atoms with E-state index in [9.17, 15) is 0 Å². The molecule has 6 aliphatic rings. The van der Waals surface area contributed by atoms with Gasteiger partial charge in [-0.15, -0.1) is 0 Å². The molecular weight excluding hydrogens is 256 g/mol. The van der Waals surface area contributed by atoms with Gasteiger partial charge >= 0.3 is 0 Å². The quantitative estimate of drug-likeness (QED) is 0.732. The van der Waals surface area contributed by atoms with Crippen molar-refractivity contribution in [3.05, 3.63) is 45.7 Å². The number of rotatable bonds is 0. The van der Waals surface area contributed by atoms with Crippen LogP contribution in [-0.2, 0) is 0 Å². The van der Waals surface area contributed by atoms with Gasteiger partial charge in [0.15, 0.2) is 0 Å². The summed E-state index contributed by atoms with van der Waals surface area (Å²) >= 11 is 0. The average Bonchev–Trinajstić information content (AvgIpc) is 3.03. The SMILES string of the molecule is CN1CC[C@H]2CC3=C(CC1C1=C3C=CCC1)C1=C2NCC1. The monoisotopic (exact) mass is 280 g/mol. The van der Waals surface area contributed by atoms with E-state index in [1.807, 2.05) is 0 Å². The first kappa shape index (κ1) is 12.3. The molecule has 0 spiro atoms. The Balaban J connectivity index is 1.75. The average molecular weight is 280 g/mol. The number of fused-ring (bicyclic) bond motifs is 2. The van der Waals surface area contributed by atoms with Gasteiger partial charge in [-0.1, -0.05) is 12.2 Å². The van der Waals surface area contributed by atoms with Crippen LogP contribution >= 0.6 is 0 Å². The number of likely N-dealkylation sites (N-methyl/N-ethyl adjacent to an activating group) is 1. The Bertz CT molecular complexity index is 632. The highest BCUT2D eigenvalue weighted by atomic mass is 15.1. The van der Waals surface area contributed by atoms with E-state index in [-0.39, 0.29) is 0 Å². The van der Waals surface area contributed by atoms with E-state index in [0.29, 0.717) is 6.04 Å². The predicted octanol–water partition coefficient (Wildman–Crippen LogP) is 3.30. The molecule has 0 amide bonds. The summed E-state index contributed by atoms with van der Waals surface area (Å²) < 4.78 is 0. The lowest BCUT2D eigenvalue weighted by Gasteiger charge is -2.38. The van der Waals surface area contributed by atoms with Gasteiger partial charge < -0.3 is 5.32 Å². The minimum Gasteiger partial charge on any atom is -0.388 e. The fourth-order valence-corrected chi connectivity index (χ4v) is 5.26. The van der Waals surface area contributed by atoms with Crippen LogP contribution in [0.1, 0.15) is 38.5 Å². The van der Waals surface area contributed by atoms with Crippen LogP contribution in [0.25, 0.3) is 0 Å². The molecule has 110 valence electrons. The van der Waals surface area contributed by atoms with Crippen molar-refractivity contribution in [2.45, 2.75) is 44.6 Å². The van der Waals surface area contributed by atoms with Gasteiger partial charge in [0.2, 0.25) is 0 Å². The van der Waals surface area contributed by atoms with Crippen molar-refractivity contribution in [3.63, 3.8) is 0 Å². The van der Waals surface area contributed by atoms with E-state index in [1.54, 1.807) is 33.6 Å². The van der Waals surface area contributed by atoms with Crippen molar-refractivity contribution in [1.82, 2.24) is 10.2 Å². The molecule has 2 nitrogen and oxygen atoms in total. The standard InChI is InChI=1S/C19H24N2/c1-21-9-7-12-10-16-13-4-2-3-5-14(13)18(21)11-17(16)15-6-8-20-19(12)15/h2,4,12,18,20H,3,5-11H2,1H3/t12-,18?/m0/s1. The summed E-state index contributed by atoms with van der Waals surface area (Å²) in [7, 11) is 2.35. The van der Waals surface area contributed by atoms with E-state index >= 15 is 0 Å².